The molecular weight excluding hydrogens is 327 g/mol. The van der Waals surface area contributed by atoms with E-state index in [0.717, 1.165) is 10.7 Å². The van der Waals surface area contributed by atoms with Gasteiger partial charge >= 0.3 is 0 Å². The molecule has 3 nitrogen and oxygen atoms in total. The molecule has 0 saturated carbocycles. The predicted molar refractivity (Wildman–Crippen MR) is 87.8 cm³/mol. The first-order valence-electron chi connectivity index (χ1n) is 6.35. The first kappa shape index (κ1) is 16.3. The number of ketones is 1. The molecule has 0 aliphatic rings. The van der Waals surface area contributed by atoms with Gasteiger partial charge in [-0.2, -0.15) is 0 Å². The van der Waals surface area contributed by atoms with Crippen molar-refractivity contribution in [3.63, 3.8) is 0 Å². The molecule has 0 spiro atoms. The van der Waals surface area contributed by atoms with E-state index in [4.69, 9.17) is 23.2 Å². The van der Waals surface area contributed by atoms with Gasteiger partial charge in [-0.15, -0.1) is 11.8 Å². The lowest BCUT2D eigenvalue weighted by atomic mass is 10.1. The minimum atomic E-state index is -0.358. The smallest absolute Gasteiger partial charge is 0.233 e. The van der Waals surface area contributed by atoms with E-state index < -0.39 is 0 Å². The lowest BCUT2D eigenvalue weighted by Gasteiger charge is -2.10. The monoisotopic (exact) mass is 340 g/mol. The van der Waals surface area contributed by atoms with Crippen LogP contribution in [-0.2, 0) is 0 Å². The Labute approximate surface area is 138 Å². The molecule has 110 valence electrons. The predicted octanol–water partition coefficient (Wildman–Crippen LogP) is 4.86. The molecule has 0 aliphatic heterocycles. The number of hydrogen-bond acceptors (Lipinski definition) is 4. The summed E-state index contributed by atoms with van der Waals surface area (Å²) >= 11 is 13.6. The molecule has 2 rings (SSSR count). The zero-order valence-electron chi connectivity index (χ0n) is 11.9. The van der Waals surface area contributed by atoms with E-state index >= 15 is 0 Å². The van der Waals surface area contributed by atoms with Gasteiger partial charge in [0.1, 0.15) is 5.03 Å². The highest BCUT2D eigenvalue weighted by atomic mass is 35.5. The third kappa shape index (κ3) is 3.57. The normalized spacial score (nSPS) is 11.0. The number of hydrogen-bond donors (Lipinski definition) is 0. The molecule has 1 aromatic heterocycles. The molecule has 0 aliphatic carbocycles. The Kier molecular flexibility index (Phi) is 5.25. The van der Waals surface area contributed by atoms with E-state index in [1.54, 1.807) is 18.2 Å². The van der Waals surface area contributed by atoms with Crippen LogP contribution >= 0.6 is 35.0 Å². The van der Waals surface area contributed by atoms with Crippen molar-refractivity contribution in [1.82, 2.24) is 9.97 Å². The number of benzene rings is 1. The van der Waals surface area contributed by atoms with Crippen LogP contribution in [0.3, 0.4) is 0 Å². The van der Waals surface area contributed by atoms with Gasteiger partial charge in [-0.25, -0.2) is 9.97 Å². The van der Waals surface area contributed by atoms with E-state index in [2.05, 4.69) is 9.97 Å². The van der Waals surface area contributed by atoms with Crippen molar-refractivity contribution in [2.75, 3.05) is 6.26 Å². The molecule has 0 fully saturated rings. The van der Waals surface area contributed by atoms with Gasteiger partial charge in [-0.1, -0.05) is 43.1 Å². The molecule has 21 heavy (non-hydrogen) atoms. The molecule has 2 aromatic rings. The third-order valence-corrected chi connectivity index (χ3v) is 4.17. The SMILES string of the molecule is CSc1cc(C(C)C)nc(C(=O)c2c(Cl)cccc2Cl)n1. The van der Waals surface area contributed by atoms with Crippen LogP contribution in [0, 0.1) is 0 Å². The number of carbonyl (C=O) groups excluding carboxylic acids is 1. The van der Waals surface area contributed by atoms with Crippen molar-refractivity contribution >= 4 is 40.7 Å². The summed E-state index contributed by atoms with van der Waals surface area (Å²) in [5, 5.41) is 1.36. The zero-order chi connectivity index (χ0) is 15.6. The zero-order valence-corrected chi connectivity index (χ0v) is 14.2. The Morgan fingerprint density at radius 2 is 1.81 bits per heavy atom. The summed E-state index contributed by atoms with van der Waals surface area (Å²) in [4.78, 5) is 21.3. The number of aromatic nitrogens is 2. The van der Waals surface area contributed by atoms with Gasteiger partial charge < -0.3 is 0 Å². The molecule has 0 bridgehead atoms. The molecule has 0 amide bonds. The first-order valence-corrected chi connectivity index (χ1v) is 8.33. The summed E-state index contributed by atoms with van der Waals surface area (Å²) in [6, 6.07) is 6.84. The second kappa shape index (κ2) is 6.77. The maximum absolute atomic E-state index is 12.6. The molecule has 1 aromatic carbocycles. The van der Waals surface area contributed by atoms with Crippen LogP contribution in [0.1, 0.15) is 41.6 Å². The fourth-order valence-corrected chi connectivity index (χ4v) is 2.76. The minimum Gasteiger partial charge on any atom is -0.285 e. The standard InChI is InChI=1S/C15H14Cl2N2OS/c1-8(2)11-7-12(21-3)19-15(18-11)14(20)13-9(16)5-4-6-10(13)17/h4-8H,1-3H3. The van der Waals surface area contributed by atoms with Gasteiger partial charge in [-0.3, -0.25) is 4.79 Å². The lowest BCUT2D eigenvalue weighted by molar-refractivity contribution is 0.102. The number of thioether (sulfide) groups is 1. The summed E-state index contributed by atoms with van der Waals surface area (Å²) in [5.74, 6) is -0.0314. The van der Waals surface area contributed by atoms with Crippen molar-refractivity contribution in [1.29, 1.82) is 0 Å². The maximum Gasteiger partial charge on any atom is 0.233 e. The van der Waals surface area contributed by atoms with E-state index in [-0.39, 0.29) is 23.1 Å². The summed E-state index contributed by atoms with van der Waals surface area (Å²) < 4.78 is 0. The fourth-order valence-electron chi connectivity index (χ4n) is 1.77. The van der Waals surface area contributed by atoms with Gasteiger partial charge in [0, 0.05) is 5.69 Å². The quantitative estimate of drug-likeness (QED) is 0.452. The molecule has 1 heterocycles. The van der Waals surface area contributed by atoms with Crippen LogP contribution in [0.5, 0.6) is 0 Å². The number of halogens is 2. The van der Waals surface area contributed by atoms with Crippen LogP contribution < -0.4 is 0 Å². The molecule has 0 N–H and O–H groups in total. The summed E-state index contributed by atoms with van der Waals surface area (Å²) in [5.41, 5.74) is 1.06. The van der Waals surface area contributed by atoms with Gasteiger partial charge in [0.25, 0.3) is 0 Å². The van der Waals surface area contributed by atoms with Crippen LogP contribution in [-0.4, -0.2) is 22.0 Å². The first-order chi connectivity index (χ1) is 9.93. The lowest BCUT2D eigenvalue weighted by Crippen LogP contribution is -2.11. The van der Waals surface area contributed by atoms with Gasteiger partial charge in [0.05, 0.1) is 15.6 Å². The third-order valence-electron chi connectivity index (χ3n) is 2.92. The Morgan fingerprint density at radius 1 is 1.19 bits per heavy atom. The average molecular weight is 341 g/mol. The highest BCUT2D eigenvalue weighted by molar-refractivity contribution is 7.98. The summed E-state index contributed by atoms with van der Waals surface area (Å²) in [7, 11) is 0. The topological polar surface area (TPSA) is 42.9 Å². The van der Waals surface area contributed by atoms with Crippen molar-refractivity contribution in [2.24, 2.45) is 0 Å². The number of nitrogens with zero attached hydrogens (tertiary/aromatic N) is 2. The van der Waals surface area contributed by atoms with Crippen LogP contribution in [0.25, 0.3) is 0 Å². The van der Waals surface area contributed by atoms with E-state index in [9.17, 15) is 4.79 Å². The number of carbonyl (C=O) groups is 1. The van der Waals surface area contributed by atoms with Crippen LogP contribution in [0.4, 0.5) is 0 Å². The number of rotatable bonds is 4. The molecule has 0 atom stereocenters. The largest absolute Gasteiger partial charge is 0.285 e. The Hall–Kier alpha value is -1.10. The second-order valence-corrected chi connectivity index (χ2v) is 6.38. The van der Waals surface area contributed by atoms with Crippen molar-refractivity contribution in [3.8, 4) is 0 Å². The van der Waals surface area contributed by atoms with E-state index in [1.807, 2.05) is 26.2 Å². The highest BCUT2D eigenvalue weighted by Crippen LogP contribution is 2.27. The van der Waals surface area contributed by atoms with E-state index in [0.29, 0.717) is 10.0 Å². The fraction of sp³-hybridized carbons (Fsp3) is 0.267. The Morgan fingerprint density at radius 3 is 2.33 bits per heavy atom. The summed E-state index contributed by atoms with van der Waals surface area (Å²) in [6.45, 7) is 4.03. The van der Waals surface area contributed by atoms with Crippen molar-refractivity contribution < 1.29 is 4.79 Å². The molecule has 0 radical (unpaired) electrons. The van der Waals surface area contributed by atoms with Gasteiger partial charge in [-0.05, 0) is 30.4 Å². The molecule has 6 heteroatoms. The van der Waals surface area contributed by atoms with Gasteiger partial charge in [0.15, 0.2) is 0 Å². The Bertz CT molecular complexity index is 669. The molecule has 0 saturated heterocycles. The van der Waals surface area contributed by atoms with Crippen molar-refractivity contribution in [3.05, 3.63) is 51.4 Å². The highest BCUT2D eigenvalue weighted by Gasteiger charge is 2.21. The maximum atomic E-state index is 12.6. The van der Waals surface area contributed by atoms with E-state index in [1.165, 1.54) is 11.8 Å². The minimum absolute atomic E-state index is 0.126. The molecule has 0 unspecified atom stereocenters. The van der Waals surface area contributed by atoms with Crippen molar-refractivity contribution in [2.45, 2.75) is 24.8 Å². The average Bonchev–Trinajstić information content (AvgIpc) is 2.46. The second-order valence-electron chi connectivity index (χ2n) is 4.74. The van der Waals surface area contributed by atoms with Crippen LogP contribution in [0.15, 0.2) is 29.3 Å². The van der Waals surface area contributed by atoms with Crippen LogP contribution in [0.2, 0.25) is 10.0 Å². The van der Waals surface area contributed by atoms with Gasteiger partial charge in [0.2, 0.25) is 11.6 Å². The Balaban J connectivity index is 2.55. The summed E-state index contributed by atoms with van der Waals surface area (Å²) in [6.07, 6.45) is 1.91. The molecular formula is C15H14Cl2N2OS.